The van der Waals surface area contributed by atoms with E-state index in [4.69, 9.17) is 14.2 Å². The van der Waals surface area contributed by atoms with Crippen LogP contribution in [0.25, 0.3) is 0 Å². The first-order valence-corrected chi connectivity index (χ1v) is 8.00. The minimum absolute atomic E-state index is 0.175. The molecule has 1 saturated heterocycles. The number of rotatable bonds is 7. The second-order valence-electron chi connectivity index (χ2n) is 7.27. The maximum atomic E-state index is 9.99. The van der Waals surface area contributed by atoms with Crippen molar-refractivity contribution in [2.45, 2.75) is 96.3 Å². The highest BCUT2D eigenvalue weighted by atomic mass is 16.7. The molecule has 0 bridgehead atoms. The van der Waals surface area contributed by atoms with E-state index in [2.05, 4.69) is 6.92 Å². The lowest BCUT2D eigenvalue weighted by molar-refractivity contribution is -0.318. The normalized spacial score (nSPS) is 34.0. The molecule has 0 amide bonds. The van der Waals surface area contributed by atoms with Crippen molar-refractivity contribution in [1.82, 2.24) is 0 Å². The number of aliphatic hydroxyl groups is 3. The molecule has 22 heavy (non-hydrogen) atoms. The van der Waals surface area contributed by atoms with Crippen molar-refractivity contribution in [3.8, 4) is 0 Å². The Kier molecular flexibility index (Phi) is 6.80. The third-order valence-electron chi connectivity index (χ3n) is 4.29. The molecule has 1 fully saturated rings. The number of hydrogen-bond donors (Lipinski definition) is 3. The van der Waals surface area contributed by atoms with Crippen molar-refractivity contribution in [1.29, 1.82) is 0 Å². The number of ether oxygens (including phenoxy) is 3. The highest BCUT2D eigenvalue weighted by molar-refractivity contribution is 4.88. The van der Waals surface area contributed by atoms with E-state index in [0.29, 0.717) is 13.0 Å². The van der Waals surface area contributed by atoms with Gasteiger partial charge in [0.15, 0.2) is 6.29 Å². The van der Waals surface area contributed by atoms with Crippen molar-refractivity contribution in [3.05, 3.63) is 0 Å². The zero-order valence-electron chi connectivity index (χ0n) is 14.6. The minimum Gasteiger partial charge on any atom is -0.388 e. The molecule has 0 radical (unpaired) electrons. The van der Waals surface area contributed by atoms with Gasteiger partial charge in [-0.05, 0) is 47.5 Å². The molecule has 5 atom stereocenters. The maximum absolute atomic E-state index is 9.99. The van der Waals surface area contributed by atoms with Crippen molar-refractivity contribution in [2.24, 2.45) is 0 Å². The first-order valence-electron chi connectivity index (χ1n) is 8.00. The van der Waals surface area contributed by atoms with Crippen LogP contribution in [0.1, 0.15) is 54.4 Å². The van der Waals surface area contributed by atoms with E-state index in [9.17, 15) is 15.3 Å². The van der Waals surface area contributed by atoms with Crippen molar-refractivity contribution < 1.29 is 29.5 Å². The summed E-state index contributed by atoms with van der Waals surface area (Å²) in [5.74, 6) is 0. The second kappa shape index (κ2) is 7.55. The lowest BCUT2D eigenvalue weighted by atomic mass is 9.99. The van der Waals surface area contributed by atoms with Crippen LogP contribution in [0.3, 0.4) is 0 Å². The van der Waals surface area contributed by atoms with Gasteiger partial charge in [-0.1, -0.05) is 6.92 Å². The lowest BCUT2D eigenvalue weighted by Gasteiger charge is -2.42. The summed E-state index contributed by atoms with van der Waals surface area (Å²) in [7, 11) is 0. The Bertz CT molecular complexity index is 344. The fourth-order valence-corrected chi connectivity index (χ4v) is 2.16. The van der Waals surface area contributed by atoms with E-state index in [0.717, 1.165) is 6.42 Å². The average molecular weight is 320 g/mol. The van der Waals surface area contributed by atoms with Crippen molar-refractivity contribution >= 4 is 0 Å². The molecular weight excluding hydrogens is 288 g/mol. The molecule has 0 saturated carbocycles. The van der Waals surface area contributed by atoms with Gasteiger partial charge in [0.05, 0.1) is 23.9 Å². The number of aliphatic hydroxyl groups excluding tert-OH is 3. The molecule has 0 aromatic carbocycles. The zero-order chi connectivity index (χ0) is 17.1. The molecule has 1 rings (SSSR count). The van der Waals surface area contributed by atoms with Gasteiger partial charge in [0, 0.05) is 0 Å². The Morgan fingerprint density at radius 2 is 1.55 bits per heavy atom. The van der Waals surface area contributed by atoms with E-state index < -0.39 is 36.3 Å². The summed E-state index contributed by atoms with van der Waals surface area (Å²) in [6.07, 6.45) is -3.71. The molecule has 132 valence electrons. The molecule has 6 heteroatoms. The van der Waals surface area contributed by atoms with Gasteiger partial charge in [0.1, 0.15) is 18.3 Å². The van der Waals surface area contributed by atoms with Crippen LogP contribution in [-0.4, -0.2) is 63.8 Å². The Morgan fingerprint density at radius 3 is 2.09 bits per heavy atom. The summed E-state index contributed by atoms with van der Waals surface area (Å²) in [6.45, 7) is 12.1. The number of hydrogen-bond acceptors (Lipinski definition) is 6. The average Bonchev–Trinajstić information content (AvgIpc) is 2.41. The molecule has 0 aliphatic carbocycles. The van der Waals surface area contributed by atoms with Crippen molar-refractivity contribution in [3.63, 3.8) is 0 Å². The molecule has 3 N–H and O–H groups in total. The van der Waals surface area contributed by atoms with Crippen LogP contribution in [0.4, 0.5) is 0 Å². The topological polar surface area (TPSA) is 88.4 Å². The van der Waals surface area contributed by atoms with Crippen LogP contribution >= 0.6 is 0 Å². The van der Waals surface area contributed by atoms with Gasteiger partial charge in [-0.25, -0.2) is 0 Å². The van der Waals surface area contributed by atoms with Crippen LogP contribution in [0.5, 0.6) is 0 Å². The summed E-state index contributed by atoms with van der Waals surface area (Å²) in [5.41, 5.74) is -0.761. The summed E-state index contributed by atoms with van der Waals surface area (Å²) >= 11 is 0. The van der Waals surface area contributed by atoms with Gasteiger partial charge in [0.2, 0.25) is 0 Å². The maximum Gasteiger partial charge on any atom is 0.187 e. The smallest absolute Gasteiger partial charge is 0.187 e. The third-order valence-corrected chi connectivity index (χ3v) is 4.29. The van der Waals surface area contributed by atoms with Gasteiger partial charge < -0.3 is 29.5 Å². The molecule has 6 nitrogen and oxygen atoms in total. The predicted octanol–water partition coefficient (Wildman–Crippen LogP) is 1.20. The molecule has 1 aliphatic rings. The first kappa shape index (κ1) is 19.8. The third kappa shape index (κ3) is 5.44. The van der Waals surface area contributed by atoms with E-state index >= 15 is 0 Å². The second-order valence-corrected chi connectivity index (χ2v) is 7.27. The Balaban J connectivity index is 2.53. The Labute approximate surface area is 133 Å². The fourth-order valence-electron chi connectivity index (χ4n) is 2.16. The quantitative estimate of drug-likeness (QED) is 0.653. The fraction of sp³-hybridized carbons (Fsp3) is 1.00. The Morgan fingerprint density at radius 1 is 0.955 bits per heavy atom. The molecule has 1 heterocycles. The SMILES string of the molecule is CCC(C)(C)OCCC(C)(C)O[C@@H]1O[C@@H](C)C(O)C(O)C1O. The summed E-state index contributed by atoms with van der Waals surface area (Å²) < 4.78 is 17.1. The summed E-state index contributed by atoms with van der Waals surface area (Å²) in [5, 5.41) is 29.5. The van der Waals surface area contributed by atoms with Crippen LogP contribution in [0.15, 0.2) is 0 Å². The first-order chi connectivity index (χ1) is 9.99. The zero-order valence-corrected chi connectivity index (χ0v) is 14.6. The van der Waals surface area contributed by atoms with E-state index in [1.807, 2.05) is 27.7 Å². The molecule has 3 unspecified atom stereocenters. The van der Waals surface area contributed by atoms with E-state index in [-0.39, 0.29) is 5.60 Å². The monoisotopic (exact) mass is 320 g/mol. The molecule has 0 aromatic rings. The van der Waals surface area contributed by atoms with Gasteiger partial charge in [0.25, 0.3) is 0 Å². The van der Waals surface area contributed by atoms with Crippen LogP contribution < -0.4 is 0 Å². The largest absolute Gasteiger partial charge is 0.388 e. The van der Waals surface area contributed by atoms with Gasteiger partial charge in [-0.15, -0.1) is 0 Å². The van der Waals surface area contributed by atoms with Gasteiger partial charge in [-0.2, -0.15) is 0 Å². The highest BCUT2D eigenvalue weighted by Crippen LogP contribution is 2.27. The molecular formula is C16H32O6. The Hall–Kier alpha value is -0.240. The van der Waals surface area contributed by atoms with Crippen LogP contribution in [0.2, 0.25) is 0 Å². The minimum atomic E-state index is -1.28. The highest BCUT2D eigenvalue weighted by Gasteiger charge is 2.44. The van der Waals surface area contributed by atoms with E-state index in [1.54, 1.807) is 6.92 Å². The van der Waals surface area contributed by atoms with E-state index in [1.165, 1.54) is 0 Å². The van der Waals surface area contributed by atoms with Crippen LogP contribution in [-0.2, 0) is 14.2 Å². The summed E-state index contributed by atoms with van der Waals surface area (Å²) in [6, 6.07) is 0. The van der Waals surface area contributed by atoms with Gasteiger partial charge in [-0.3, -0.25) is 0 Å². The van der Waals surface area contributed by atoms with Crippen molar-refractivity contribution in [2.75, 3.05) is 6.61 Å². The molecule has 0 aromatic heterocycles. The lowest BCUT2D eigenvalue weighted by Crippen LogP contribution is -2.58. The van der Waals surface area contributed by atoms with Gasteiger partial charge >= 0.3 is 0 Å². The molecule has 0 spiro atoms. The molecule has 1 aliphatic heterocycles. The standard InChI is InChI=1S/C16H32O6/c1-7-15(3,4)20-9-8-16(5,6)22-14-13(19)12(18)11(17)10(2)21-14/h10-14,17-19H,7-9H2,1-6H3/t10-,11?,12?,13?,14-/m0/s1. The predicted molar refractivity (Wildman–Crippen MR) is 82.5 cm³/mol. The summed E-state index contributed by atoms with van der Waals surface area (Å²) in [4.78, 5) is 0. The van der Waals surface area contributed by atoms with Crippen LogP contribution in [0, 0.1) is 0 Å².